The molecule has 1 fully saturated rings. The van der Waals surface area contributed by atoms with Crippen molar-refractivity contribution in [2.75, 3.05) is 12.3 Å². The molecule has 0 aromatic carbocycles. The lowest BCUT2D eigenvalue weighted by Gasteiger charge is -2.25. The van der Waals surface area contributed by atoms with Gasteiger partial charge in [-0.2, -0.15) is 4.98 Å². The van der Waals surface area contributed by atoms with Crippen LogP contribution >= 0.6 is 0 Å². The minimum atomic E-state index is -1.65. The summed E-state index contributed by atoms with van der Waals surface area (Å²) in [5, 5.41) is 29.0. The molecule has 1 aromatic rings. The summed E-state index contributed by atoms with van der Waals surface area (Å²) in [5.74, 6) is 0.0502. The first kappa shape index (κ1) is 13.0. The van der Waals surface area contributed by atoms with Crippen LogP contribution in [0.1, 0.15) is 13.2 Å². The third-order valence-electron chi connectivity index (χ3n) is 3.12. The topological polar surface area (TPSA) is 131 Å². The quantitative estimate of drug-likeness (QED) is 0.474. The summed E-state index contributed by atoms with van der Waals surface area (Å²) >= 11 is 0. The van der Waals surface area contributed by atoms with Gasteiger partial charge in [0, 0.05) is 6.20 Å². The fraction of sp³-hybridized carbons (Fsp3) is 0.600. The molecule has 1 aromatic heterocycles. The molecule has 8 heteroatoms. The van der Waals surface area contributed by atoms with E-state index in [0.29, 0.717) is 0 Å². The molecule has 0 saturated carbocycles. The first-order valence-corrected chi connectivity index (χ1v) is 5.39. The molecule has 18 heavy (non-hydrogen) atoms. The number of ether oxygens (including phenoxy) is 1. The number of nitrogen functional groups attached to an aromatic ring is 1. The Morgan fingerprint density at radius 1 is 1.67 bits per heavy atom. The highest BCUT2D eigenvalue weighted by Crippen LogP contribution is 2.35. The van der Waals surface area contributed by atoms with Crippen LogP contribution < -0.4 is 11.4 Å². The van der Waals surface area contributed by atoms with Gasteiger partial charge in [0.25, 0.3) is 0 Å². The summed E-state index contributed by atoms with van der Waals surface area (Å²) in [6.45, 7) is 0.853. The molecule has 0 bridgehead atoms. The van der Waals surface area contributed by atoms with Crippen molar-refractivity contribution in [3.8, 4) is 0 Å². The van der Waals surface area contributed by atoms with Crippen LogP contribution in [0.5, 0.6) is 0 Å². The first-order valence-electron chi connectivity index (χ1n) is 5.39. The molecule has 0 amide bonds. The van der Waals surface area contributed by atoms with E-state index < -0.39 is 36.3 Å². The van der Waals surface area contributed by atoms with Crippen molar-refractivity contribution in [3.05, 3.63) is 22.7 Å². The number of hydrogen-bond acceptors (Lipinski definition) is 7. The second kappa shape index (κ2) is 4.32. The van der Waals surface area contributed by atoms with Crippen LogP contribution in [0.2, 0.25) is 0 Å². The summed E-state index contributed by atoms with van der Waals surface area (Å²) in [7, 11) is 0. The third-order valence-corrected chi connectivity index (χ3v) is 3.12. The molecule has 100 valence electrons. The molecule has 8 nitrogen and oxygen atoms in total. The zero-order chi connectivity index (χ0) is 13.5. The SMILES string of the molecule is CC1(O)[C@H](O)C(n2ccc(N)nc2=O)O[C@@H]1CO. The van der Waals surface area contributed by atoms with E-state index in [-0.39, 0.29) is 5.82 Å². The number of rotatable bonds is 2. The largest absolute Gasteiger partial charge is 0.394 e. The van der Waals surface area contributed by atoms with E-state index in [9.17, 15) is 15.0 Å². The number of hydrogen-bond donors (Lipinski definition) is 4. The highest BCUT2D eigenvalue weighted by Gasteiger charge is 2.52. The monoisotopic (exact) mass is 257 g/mol. The van der Waals surface area contributed by atoms with Crippen molar-refractivity contribution < 1.29 is 20.1 Å². The fourth-order valence-electron chi connectivity index (χ4n) is 1.92. The van der Waals surface area contributed by atoms with Gasteiger partial charge in [0.1, 0.15) is 23.6 Å². The van der Waals surface area contributed by atoms with Crippen molar-refractivity contribution in [1.29, 1.82) is 0 Å². The van der Waals surface area contributed by atoms with E-state index in [0.717, 1.165) is 4.57 Å². The number of nitrogens with two attached hydrogens (primary N) is 1. The Balaban J connectivity index is 2.38. The lowest BCUT2D eigenvalue weighted by Crippen LogP contribution is -2.46. The molecular weight excluding hydrogens is 242 g/mol. The summed E-state index contributed by atoms with van der Waals surface area (Å²) in [6, 6.07) is 1.37. The number of aromatic nitrogens is 2. The van der Waals surface area contributed by atoms with Gasteiger partial charge >= 0.3 is 5.69 Å². The second-order valence-electron chi connectivity index (χ2n) is 4.41. The maximum absolute atomic E-state index is 11.6. The maximum Gasteiger partial charge on any atom is 0.351 e. The number of aliphatic hydroxyl groups is 3. The van der Waals surface area contributed by atoms with Crippen molar-refractivity contribution >= 4 is 5.82 Å². The van der Waals surface area contributed by atoms with E-state index in [1.54, 1.807) is 0 Å². The molecule has 1 aliphatic heterocycles. The van der Waals surface area contributed by atoms with Gasteiger partial charge in [-0.3, -0.25) is 4.57 Å². The van der Waals surface area contributed by atoms with Crippen LogP contribution in [0.15, 0.2) is 17.1 Å². The van der Waals surface area contributed by atoms with Crippen LogP contribution in [0, 0.1) is 0 Å². The molecule has 4 atom stereocenters. The van der Waals surface area contributed by atoms with Gasteiger partial charge in [-0.05, 0) is 13.0 Å². The minimum Gasteiger partial charge on any atom is -0.394 e. The molecule has 2 unspecified atom stereocenters. The average molecular weight is 257 g/mol. The van der Waals surface area contributed by atoms with E-state index >= 15 is 0 Å². The van der Waals surface area contributed by atoms with Gasteiger partial charge in [0.2, 0.25) is 0 Å². The zero-order valence-corrected chi connectivity index (χ0v) is 9.72. The molecule has 2 heterocycles. The van der Waals surface area contributed by atoms with E-state index in [2.05, 4.69) is 4.98 Å². The van der Waals surface area contributed by atoms with Crippen LogP contribution in [0.4, 0.5) is 5.82 Å². The summed E-state index contributed by atoms with van der Waals surface area (Å²) in [6.07, 6.45) is -2.15. The Hall–Kier alpha value is -1.48. The maximum atomic E-state index is 11.6. The molecule has 2 rings (SSSR count). The summed E-state index contributed by atoms with van der Waals surface area (Å²) < 4.78 is 6.30. The fourth-order valence-corrected chi connectivity index (χ4v) is 1.92. The van der Waals surface area contributed by atoms with Gasteiger partial charge in [-0.25, -0.2) is 4.79 Å². The Morgan fingerprint density at radius 2 is 2.33 bits per heavy atom. The predicted molar refractivity (Wildman–Crippen MR) is 60.5 cm³/mol. The van der Waals surface area contributed by atoms with Crippen LogP contribution in [0.3, 0.4) is 0 Å². The molecule has 0 aliphatic carbocycles. The Kier molecular flexibility index (Phi) is 3.11. The molecule has 1 aliphatic rings. The molecule has 0 radical (unpaired) electrons. The highest BCUT2D eigenvalue weighted by molar-refractivity contribution is 5.23. The van der Waals surface area contributed by atoms with E-state index in [1.165, 1.54) is 19.2 Å². The summed E-state index contributed by atoms with van der Waals surface area (Å²) in [5.41, 5.74) is 3.00. The van der Waals surface area contributed by atoms with Gasteiger partial charge in [0.05, 0.1) is 6.61 Å². The normalized spacial score (nSPS) is 35.9. The van der Waals surface area contributed by atoms with Crippen LogP contribution in [0.25, 0.3) is 0 Å². The highest BCUT2D eigenvalue weighted by atomic mass is 16.6. The minimum absolute atomic E-state index is 0.0502. The van der Waals surface area contributed by atoms with Gasteiger partial charge in [-0.1, -0.05) is 0 Å². The lowest BCUT2D eigenvalue weighted by atomic mass is 9.95. The molecule has 1 saturated heterocycles. The Morgan fingerprint density at radius 3 is 2.83 bits per heavy atom. The molecular formula is C10H15N3O5. The standard InChI is InChI=1S/C10H15N3O5/c1-10(17)5(4-14)18-8(7(10)15)13-3-2-6(11)12-9(13)16/h2-3,5,7-8,14-15,17H,4H2,1H3,(H2,11,12,16)/t5-,7-,8?,10?/m1/s1. The van der Waals surface area contributed by atoms with Gasteiger partial charge in [0.15, 0.2) is 6.23 Å². The number of nitrogens with zero attached hydrogens (tertiary/aromatic N) is 2. The number of aliphatic hydroxyl groups excluding tert-OH is 2. The van der Waals surface area contributed by atoms with Crippen molar-refractivity contribution in [3.63, 3.8) is 0 Å². The van der Waals surface area contributed by atoms with Gasteiger partial charge in [-0.15, -0.1) is 0 Å². The molecule has 0 spiro atoms. The zero-order valence-electron chi connectivity index (χ0n) is 9.72. The smallest absolute Gasteiger partial charge is 0.351 e. The first-order chi connectivity index (χ1) is 8.37. The van der Waals surface area contributed by atoms with Crippen LogP contribution in [-0.4, -0.2) is 49.3 Å². The summed E-state index contributed by atoms with van der Waals surface area (Å²) in [4.78, 5) is 15.1. The predicted octanol–water partition coefficient (Wildman–Crippen LogP) is -2.17. The lowest BCUT2D eigenvalue weighted by molar-refractivity contribution is -0.0807. The van der Waals surface area contributed by atoms with E-state index in [1.807, 2.05) is 0 Å². The Bertz CT molecular complexity index is 501. The second-order valence-corrected chi connectivity index (χ2v) is 4.41. The molecule has 5 N–H and O–H groups in total. The average Bonchev–Trinajstić information content (AvgIpc) is 2.52. The van der Waals surface area contributed by atoms with Crippen molar-refractivity contribution in [2.24, 2.45) is 0 Å². The van der Waals surface area contributed by atoms with Gasteiger partial charge < -0.3 is 25.8 Å². The van der Waals surface area contributed by atoms with Crippen LogP contribution in [-0.2, 0) is 4.74 Å². The third kappa shape index (κ3) is 1.89. The van der Waals surface area contributed by atoms with E-state index in [4.69, 9.17) is 15.6 Å². The Labute approximate surface area is 102 Å². The van der Waals surface area contributed by atoms with Crippen molar-refractivity contribution in [2.45, 2.75) is 31.0 Å². The van der Waals surface area contributed by atoms with Crippen molar-refractivity contribution in [1.82, 2.24) is 9.55 Å². The number of anilines is 1.